The van der Waals surface area contributed by atoms with Crippen molar-refractivity contribution < 1.29 is 27.4 Å². The number of rotatable bonds is 6. The highest BCUT2D eigenvalue weighted by atomic mass is 19.4. The highest BCUT2D eigenvalue weighted by molar-refractivity contribution is 5.92. The van der Waals surface area contributed by atoms with Crippen LogP contribution in [0.1, 0.15) is 29.7 Å². The smallest absolute Gasteiger partial charge is 0.416 e. The molecule has 0 aromatic heterocycles. The molecule has 0 spiro atoms. The summed E-state index contributed by atoms with van der Waals surface area (Å²) in [6.45, 7) is 1.62. The Bertz CT molecular complexity index is 831. The quantitative estimate of drug-likeness (QED) is 0.746. The maximum Gasteiger partial charge on any atom is 0.416 e. The molecule has 0 radical (unpaired) electrons. The Morgan fingerprint density at radius 1 is 1.11 bits per heavy atom. The summed E-state index contributed by atoms with van der Waals surface area (Å²) < 4.78 is 48.8. The van der Waals surface area contributed by atoms with Crippen LogP contribution in [-0.2, 0) is 11.0 Å². The summed E-state index contributed by atoms with van der Waals surface area (Å²) in [6, 6.07) is 9.43. The number of ether oxygens (including phenoxy) is 2. The zero-order chi connectivity index (χ0) is 20.0. The minimum Gasteiger partial charge on any atom is -0.497 e. The largest absolute Gasteiger partial charge is 0.497 e. The van der Waals surface area contributed by atoms with Crippen LogP contribution in [0.3, 0.4) is 0 Å². The summed E-state index contributed by atoms with van der Waals surface area (Å²) >= 11 is 0. The molecule has 1 unspecified atom stereocenters. The van der Waals surface area contributed by atoms with Crippen LogP contribution in [0.25, 0.3) is 6.08 Å². The van der Waals surface area contributed by atoms with E-state index in [0.29, 0.717) is 22.6 Å². The fraction of sp³-hybridized carbons (Fsp3) is 0.250. The van der Waals surface area contributed by atoms with Gasteiger partial charge in [-0.05, 0) is 48.9 Å². The van der Waals surface area contributed by atoms with Gasteiger partial charge in [0, 0.05) is 11.6 Å². The summed E-state index contributed by atoms with van der Waals surface area (Å²) in [5.74, 6) is 0.726. The fourth-order valence-electron chi connectivity index (χ4n) is 2.46. The van der Waals surface area contributed by atoms with Gasteiger partial charge in [-0.3, -0.25) is 4.79 Å². The van der Waals surface area contributed by atoms with Gasteiger partial charge in [-0.25, -0.2) is 0 Å². The zero-order valence-electron chi connectivity index (χ0n) is 15.1. The van der Waals surface area contributed by atoms with E-state index in [1.807, 2.05) is 0 Å². The first kappa shape index (κ1) is 20.4. The SMILES string of the molecule is COc1ccc(OC)c(/C=C/C(=O)NC(C)c2cccc(C(F)(F)F)c2)c1. The van der Waals surface area contributed by atoms with Crippen LogP contribution >= 0.6 is 0 Å². The first-order valence-electron chi connectivity index (χ1n) is 8.12. The molecule has 27 heavy (non-hydrogen) atoms. The molecule has 0 fully saturated rings. The second kappa shape index (κ2) is 8.62. The zero-order valence-corrected chi connectivity index (χ0v) is 15.1. The third kappa shape index (κ3) is 5.51. The van der Waals surface area contributed by atoms with Gasteiger partial charge in [0.15, 0.2) is 0 Å². The van der Waals surface area contributed by atoms with Crippen LogP contribution in [0.2, 0.25) is 0 Å². The molecule has 2 aromatic carbocycles. The molecule has 1 N–H and O–H groups in total. The molecule has 0 saturated heterocycles. The van der Waals surface area contributed by atoms with Gasteiger partial charge in [0.05, 0.1) is 25.8 Å². The summed E-state index contributed by atoms with van der Waals surface area (Å²) in [5.41, 5.74) is 0.252. The van der Waals surface area contributed by atoms with E-state index >= 15 is 0 Å². The summed E-state index contributed by atoms with van der Waals surface area (Å²) in [6.07, 6.45) is -1.58. The lowest BCUT2D eigenvalue weighted by Crippen LogP contribution is -2.24. The number of halogens is 3. The summed E-state index contributed by atoms with van der Waals surface area (Å²) in [5, 5.41) is 2.65. The number of hydrogen-bond donors (Lipinski definition) is 1. The van der Waals surface area contributed by atoms with Gasteiger partial charge in [-0.1, -0.05) is 12.1 Å². The Hall–Kier alpha value is -2.96. The molecule has 7 heteroatoms. The number of nitrogens with one attached hydrogen (secondary N) is 1. The average molecular weight is 379 g/mol. The molecule has 1 amide bonds. The molecule has 0 bridgehead atoms. The van der Waals surface area contributed by atoms with Gasteiger partial charge >= 0.3 is 6.18 Å². The van der Waals surface area contributed by atoms with Gasteiger partial charge in [-0.15, -0.1) is 0 Å². The number of amides is 1. The molecular weight excluding hydrogens is 359 g/mol. The normalized spacial score (nSPS) is 12.7. The molecule has 0 saturated carbocycles. The number of alkyl halides is 3. The van der Waals surface area contributed by atoms with Crippen molar-refractivity contribution in [3.8, 4) is 11.5 Å². The molecule has 0 aliphatic rings. The van der Waals surface area contributed by atoms with Crippen molar-refractivity contribution in [1.82, 2.24) is 5.32 Å². The molecule has 4 nitrogen and oxygen atoms in total. The Morgan fingerprint density at radius 2 is 1.85 bits per heavy atom. The van der Waals surface area contributed by atoms with Gasteiger partial charge in [0.1, 0.15) is 11.5 Å². The lowest BCUT2D eigenvalue weighted by molar-refractivity contribution is -0.137. The highest BCUT2D eigenvalue weighted by Gasteiger charge is 2.30. The van der Waals surface area contributed by atoms with Crippen molar-refractivity contribution >= 4 is 12.0 Å². The van der Waals surface area contributed by atoms with E-state index in [-0.39, 0.29) is 0 Å². The fourth-order valence-corrected chi connectivity index (χ4v) is 2.46. The standard InChI is InChI=1S/C20H20F3NO3/c1-13(14-5-4-6-16(11-14)20(21,22)23)24-19(25)10-7-15-12-17(26-2)8-9-18(15)27-3/h4-13H,1-3H3,(H,24,25)/b10-7+. The molecular formula is C20H20F3NO3. The maximum absolute atomic E-state index is 12.8. The van der Waals surface area contributed by atoms with E-state index in [1.165, 1.54) is 32.4 Å². The number of carbonyl (C=O) groups is 1. The van der Waals surface area contributed by atoms with Gasteiger partial charge in [0.2, 0.25) is 5.91 Å². The number of carbonyl (C=O) groups excluding carboxylic acids is 1. The molecule has 1 atom stereocenters. The first-order valence-corrected chi connectivity index (χ1v) is 8.12. The average Bonchev–Trinajstić information content (AvgIpc) is 2.65. The van der Waals surface area contributed by atoms with Crippen molar-refractivity contribution in [3.63, 3.8) is 0 Å². The van der Waals surface area contributed by atoms with E-state index in [4.69, 9.17) is 9.47 Å². The minimum absolute atomic E-state index is 0.366. The van der Waals surface area contributed by atoms with Gasteiger partial charge < -0.3 is 14.8 Å². The van der Waals surface area contributed by atoms with Crippen molar-refractivity contribution in [3.05, 3.63) is 65.2 Å². The van der Waals surface area contributed by atoms with Crippen LogP contribution in [-0.4, -0.2) is 20.1 Å². The third-order valence-corrected chi connectivity index (χ3v) is 3.92. The summed E-state index contributed by atoms with van der Waals surface area (Å²) in [4.78, 5) is 12.1. The topological polar surface area (TPSA) is 47.6 Å². The van der Waals surface area contributed by atoms with Crippen LogP contribution in [0.5, 0.6) is 11.5 Å². The Labute approximate surface area is 155 Å². The Morgan fingerprint density at radius 3 is 2.48 bits per heavy atom. The van der Waals surface area contributed by atoms with Crippen molar-refractivity contribution in [2.24, 2.45) is 0 Å². The second-order valence-corrected chi connectivity index (χ2v) is 5.79. The van der Waals surface area contributed by atoms with E-state index in [9.17, 15) is 18.0 Å². The predicted molar refractivity (Wildman–Crippen MR) is 96.6 cm³/mol. The molecule has 144 valence electrons. The number of hydrogen-bond acceptors (Lipinski definition) is 3. The minimum atomic E-state index is -4.43. The summed E-state index contributed by atoms with van der Waals surface area (Å²) in [7, 11) is 3.04. The van der Waals surface area contributed by atoms with Crippen LogP contribution in [0.15, 0.2) is 48.5 Å². The lowest BCUT2D eigenvalue weighted by atomic mass is 10.0. The maximum atomic E-state index is 12.8. The van der Waals surface area contributed by atoms with Crippen molar-refractivity contribution in [1.29, 1.82) is 0 Å². The van der Waals surface area contributed by atoms with Crippen LogP contribution < -0.4 is 14.8 Å². The number of methoxy groups -OCH3 is 2. The van der Waals surface area contributed by atoms with E-state index in [0.717, 1.165) is 12.1 Å². The van der Waals surface area contributed by atoms with E-state index in [2.05, 4.69) is 5.32 Å². The van der Waals surface area contributed by atoms with E-state index in [1.54, 1.807) is 31.2 Å². The third-order valence-electron chi connectivity index (χ3n) is 3.92. The molecule has 0 heterocycles. The predicted octanol–water partition coefficient (Wildman–Crippen LogP) is 4.61. The molecule has 0 aliphatic heterocycles. The Kier molecular flexibility index (Phi) is 6.50. The van der Waals surface area contributed by atoms with E-state index < -0.39 is 23.7 Å². The van der Waals surface area contributed by atoms with Gasteiger partial charge in [-0.2, -0.15) is 13.2 Å². The van der Waals surface area contributed by atoms with Crippen LogP contribution in [0, 0.1) is 0 Å². The monoisotopic (exact) mass is 379 g/mol. The van der Waals surface area contributed by atoms with Gasteiger partial charge in [0.25, 0.3) is 0 Å². The molecule has 0 aliphatic carbocycles. The molecule has 2 aromatic rings. The second-order valence-electron chi connectivity index (χ2n) is 5.79. The van der Waals surface area contributed by atoms with Crippen molar-refractivity contribution in [2.45, 2.75) is 19.1 Å². The van der Waals surface area contributed by atoms with Crippen LogP contribution in [0.4, 0.5) is 13.2 Å². The first-order chi connectivity index (χ1) is 12.7. The lowest BCUT2D eigenvalue weighted by Gasteiger charge is -2.15. The van der Waals surface area contributed by atoms with Crippen molar-refractivity contribution in [2.75, 3.05) is 14.2 Å². The highest BCUT2D eigenvalue weighted by Crippen LogP contribution is 2.30. The number of benzene rings is 2. The molecule has 2 rings (SSSR count). The Balaban J connectivity index is 2.10.